The Labute approximate surface area is 195 Å². The van der Waals surface area contributed by atoms with E-state index in [1.54, 1.807) is 13.2 Å². The number of carbonyl (C=O) groups excluding carboxylic acids is 1. The summed E-state index contributed by atoms with van der Waals surface area (Å²) in [6.07, 6.45) is 5.70. The van der Waals surface area contributed by atoms with Crippen LogP contribution in [0.25, 0.3) is 5.69 Å². The summed E-state index contributed by atoms with van der Waals surface area (Å²) in [4.78, 5) is 18.5. The first kappa shape index (κ1) is 24.1. The highest BCUT2D eigenvalue weighted by Crippen LogP contribution is 2.12. The van der Waals surface area contributed by atoms with Crippen LogP contribution in [0.5, 0.6) is 0 Å². The van der Waals surface area contributed by atoms with Crippen LogP contribution >= 0.6 is 24.0 Å². The van der Waals surface area contributed by atoms with Crippen LogP contribution in [0, 0.1) is 0 Å². The second kappa shape index (κ2) is 12.5. The lowest BCUT2D eigenvalue weighted by Gasteiger charge is -2.32. The highest BCUT2D eigenvalue weighted by molar-refractivity contribution is 14.0. The molecular weight excluding hydrogens is 493 g/mol. The van der Waals surface area contributed by atoms with Gasteiger partial charge in [0.2, 0.25) is 5.91 Å². The molecule has 164 valence electrons. The molecule has 9 heteroatoms. The third kappa shape index (κ3) is 7.28. The molecule has 0 radical (unpaired) electrons. The fraction of sp³-hybridized carbons (Fsp3) is 0.476. The molecular formula is C21H32IN7O. The first-order valence-electron chi connectivity index (χ1n) is 10.2. The van der Waals surface area contributed by atoms with E-state index < -0.39 is 0 Å². The summed E-state index contributed by atoms with van der Waals surface area (Å²) < 4.78 is 1.85. The molecule has 0 atom stereocenters. The molecule has 8 nitrogen and oxygen atoms in total. The van der Waals surface area contributed by atoms with Crippen LogP contribution in [0.2, 0.25) is 0 Å². The Morgan fingerprint density at radius 2 is 2.07 bits per heavy atom. The van der Waals surface area contributed by atoms with Gasteiger partial charge in [0.15, 0.2) is 5.96 Å². The highest BCUT2D eigenvalue weighted by Gasteiger charge is 2.21. The fourth-order valence-electron chi connectivity index (χ4n) is 3.42. The average molecular weight is 525 g/mol. The molecule has 0 saturated carbocycles. The number of nitrogens with one attached hydrogen (secondary N) is 3. The van der Waals surface area contributed by atoms with E-state index in [0.717, 1.165) is 49.7 Å². The molecule has 3 N–H and O–H groups in total. The fourth-order valence-corrected chi connectivity index (χ4v) is 3.42. The van der Waals surface area contributed by atoms with Gasteiger partial charge in [0.25, 0.3) is 0 Å². The molecule has 1 aromatic carbocycles. The summed E-state index contributed by atoms with van der Waals surface area (Å²) in [7, 11) is 1.68. The normalized spacial score (nSPS) is 15.3. The van der Waals surface area contributed by atoms with Crippen LogP contribution in [0.4, 0.5) is 0 Å². The van der Waals surface area contributed by atoms with Crippen molar-refractivity contribution in [1.29, 1.82) is 0 Å². The lowest BCUT2D eigenvalue weighted by Crippen LogP contribution is -2.50. The summed E-state index contributed by atoms with van der Waals surface area (Å²) in [6, 6.07) is 10.5. The zero-order chi connectivity index (χ0) is 20.5. The van der Waals surface area contributed by atoms with E-state index in [2.05, 4.69) is 45.0 Å². The number of aliphatic imine (C=N–C) groups is 1. The Kier molecular flexibility index (Phi) is 10.1. The van der Waals surface area contributed by atoms with Crippen molar-refractivity contribution in [1.82, 2.24) is 30.6 Å². The predicted molar refractivity (Wildman–Crippen MR) is 130 cm³/mol. The Morgan fingerprint density at radius 1 is 1.27 bits per heavy atom. The van der Waals surface area contributed by atoms with Crippen molar-refractivity contribution in [2.75, 3.05) is 33.2 Å². The number of rotatable bonds is 7. The largest absolute Gasteiger partial charge is 0.358 e. The lowest BCUT2D eigenvalue weighted by molar-refractivity contribution is -0.122. The van der Waals surface area contributed by atoms with Gasteiger partial charge in [0, 0.05) is 45.1 Å². The molecule has 0 unspecified atom stereocenters. The number of piperidine rings is 1. The van der Waals surface area contributed by atoms with Gasteiger partial charge >= 0.3 is 0 Å². The van der Waals surface area contributed by atoms with E-state index >= 15 is 0 Å². The zero-order valence-electron chi connectivity index (χ0n) is 17.7. The molecule has 1 aliphatic rings. The number of guanidine groups is 1. The van der Waals surface area contributed by atoms with Crippen LogP contribution in [0.3, 0.4) is 0 Å². The van der Waals surface area contributed by atoms with E-state index in [4.69, 9.17) is 4.99 Å². The summed E-state index contributed by atoms with van der Waals surface area (Å²) in [5.74, 6) is 0.908. The maximum absolute atomic E-state index is 11.5. The lowest BCUT2D eigenvalue weighted by atomic mass is 10.1. The molecule has 1 fully saturated rings. The molecule has 30 heavy (non-hydrogen) atoms. The summed E-state index contributed by atoms with van der Waals surface area (Å²) in [5.41, 5.74) is 2.17. The van der Waals surface area contributed by atoms with Gasteiger partial charge < -0.3 is 16.0 Å². The van der Waals surface area contributed by atoms with Crippen molar-refractivity contribution < 1.29 is 4.79 Å². The minimum Gasteiger partial charge on any atom is -0.358 e. The molecule has 0 bridgehead atoms. The summed E-state index contributed by atoms with van der Waals surface area (Å²) in [6.45, 7) is 5.78. The molecule has 2 heterocycles. The number of amides is 1. The van der Waals surface area contributed by atoms with Crippen molar-refractivity contribution >= 4 is 35.8 Å². The van der Waals surface area contributed by atoms with Crippen molar-refractivity contribution in [3.63, 3.8) is 0 Å². The van der Waals surface area contributed by atoms with E-state index in [1.807, 2.05) is 29.1 Å². The number of likely N-dealkylation sites (N-methyl/N-ethyl adjacent to an activating group) is 1. The van der Waals surface area contributed by atoms with Gasteiger partial charge in [-0.25, -0.2) is 9.67 Å². The second-order valence-corrected chi connectivity index (χ2v) is 7.18. The average Bonchev–Trinajstić information content (AvgIpc) is 3.29. The smallest absolute Gasteiger partial charge is 0.233 e. The van der Waals surface area contributed by atoms with Crippen LogP contribution in [-0.2, 0) is 11.3 Å². The first-order chi connectivity index (χ1) is 14.2. The first-order valence-corrected chi connectivity index (χ1v) is 10.2. The number of hydrogen-bond donors (Lipinski definition) is 3. The van der Waals surface area contributed by atoms with Gasteiger partial charge in [-0.3, -0.25) is 9.69 Å². The van der Waals surface area contributed by atoms with Crippen molar-refractivity contribution in [3.8, 4) is 5.69 Å². The predicted octanol–water partition coefficient (Wildman–Crippen LogP) is 1.76. The van der Waals surface area contributed by atoms with Gasteiger partial charge in [-0.15, -0.1) is 24.0 Å². The molecule has 0 aliphatic carbocycles. The maximum atomic E-state index is 11.5. The number of halogens is 1. The monoisotopic (exact) mass is 525 g/mol. The highest BCUT2D eigenvalue weighted by atomic mass is 127. The minimum absolute atomic E-state index is 0. The zero-order valence-corrected chi connectivity index (χ0v) is 20.0. The standard InChI is InChI=1S/C21H31N7O.HI/c1-3-23-21(26-18-8-12-27(13-9-18)16-20(29)22-2)24-15-17-6-4-7-19(14-17)28-11-5-10-25-28;/h4-7,10-11,14,18H,3,8-9,12-13,15-16H2,1-2H3,(H,22,29)(H2,23,24,26);1H. The third-order valence-corrected chi connectivity index (χ3v) is 5.02. The molecule has 0 spiro atoms. The SMILES string of the molecule is CCNC(=NCc1cccc(-n2cccn2)c1)NC1CCN(CC(=O)NC)CC1.I. The van der Waals surface area contributed by atoms with Crippen LogP contribution < -0.4 is 16.0 Å². The van der Waals surface area contributed by atoms with E-state index in [-0.39, 0.29) is 29.9 Å². The van der Waals surface area contributed by atoms with E-state index in [9.17, 15) is 4.79 Å². The van der Waals surface area contributed by atoms with Gasteiger partial charge in [-0.05, 0) is 43.5 Å². The number of hydrogen-bond acceptors (Lipinski definition) is 4. The molecule has 1 amide bonds. The summed E-state index contributed by atoms with van der Waals surface area (Å²) in [5, 5.41) is 13.9. The molecule has 2 aromatic rings. The number of nitrogens with zero attached hydrogens (tertiary/aromatic N) is 4. The number of aromatic nitrogens is 2. The Hall–Kier alpha value is -2.14. The Balaban J connectivity index is 0.00000320. The number of carbonyl (C=O) groups is 1. The van der Waals surface area contributed by atoms with Crippen molar-refractivity contribution in [2.24, 2.45) is 4.99 Å². The maximum Gasteiger partial charge on any atom is 0.233 e. The van der Waals surface area contributed by atoms with Gasteiger partial charge in [-0.1, -0.05) is 12.1 Å². The van der Waals surface area contributed by atoms with Gasteiger partial charge in [0.05, 0.1) is 18.8 Å². The molecule has 1 saturated heterocycles. The molecule has 1 aliphatic heterocycles. The molecule has 3 rings (SSSR count). The second-order valence-electron chi connectivity index (χ2n) is 7.18. The summed E-state index contributed by atoms with van der Waals surface area (Å²) >= 11 is 0. The van der Waals surface area contributed by atoms with Crippen molar-refractivity contribution in [2.45, 2.75) is 32.4 Å². The topological polar surface area (TPSA) is 86.6 Å². The van der Waals surface area contributed by atoms with E-state index in [1.165, 1.54) is 0 Å². The minimum atomic E-state index is 0. The van der Waals surface area contributed by atoms with Gasteiger partial charge in [0.1, 0.15) is 0 Å². The number of benzene rings is 1. The van der Waals surface area contributed by atoms with Crippen LogP contribution in [0.1, 0.15) is 25.3 Å². The van der Waals surface area contributed by atoms with Gasteiger partial charge in [-0.2, -0.15) is 5.10 Å². The van der Waals surface area contributed by atoms with Crippen molar-refractivity contribution in [3.05, 3.63) is 48.3 Å². The number of likely N-dealkylation sites (tertiary alicyclic amines) is 1. The van der Waals surface area contributed by atoms with Crippen LogP contribution in [-0.4, -0.2) is 65.8 Å². The van der Waals surface area contributed by atoms with E-state index in [0.29, 0.717) is 19.1 Å². The quantitative estimate of drug-likeness (QED) is 0.292. The Bertz CT molecular complexity index is 801. The third-order valence-electron chi connectivity index (χ3n) is 5.02. The Morgan fingerprint density at radius 3 is 2.73 bits per heavy atom. The van der Waals surface area contributed by atoms with Crippen LogP contribution in [0.15, 0.2) is 47.7 Å². The molecule has 1 aromatic heterocycles.